The van der Waals surface area contributed by atoms with Gasteiger partial charge >= 0.3 is 0 Å². The lowest BCUT2D eigenvalue weighted by Gasteiger charge is -2.41. The van der Waals surface area contributed by atoms with Gasteiger partial charge in [-0.25, -0.2) is 0 Å². The number of amides is 5. The van der Waals surface area contributed by atoms with Crippen molar-refractivity contribution in [2.24, 2.45) is 35.5 Å². The number of Topliss-reactive ketones (excluding diaryl/α,β-unsaturated/α-hetero) is 3. The van der Waals surface area contributed by atoms with E-state index in [0.717, 1.165) is 17.5 Å². The second-order valence-electron chi connectivity index (χ2n) is 22.9. The standard InChI is InChI=1S/C63H95N5O11/c1-12-45(6)61(55(77-10)39-59(75)67-35-23-29-52(67)62(78-11)46(7)53(70)37-49(36-47-24-16-13-17-25-47)42-79-41-48-26-18-14-19-27-48)66(9)63(76)51(43(2)3)38-54(71)60(44(4)5)65(8)33-22-28-50(69)40-64-56(72)30-20-15-21-34-68-57(73)31-32-58(68)74/h13-14,16-19,24-27,31-32,43-46,49,51-52,55,60-62H,12,15,20-23,28-30,33-42H2,1-11H3,(H,64,72)/t45-,46-,49-,51-,52-,55+,60-,61-,62+/m0/s1. The Kier molecular flexibility index (Phi) is 28.4. The van der Waals surface area contributed by atoms with E-state index in [0.29, 0.717) is 84.2 Å². The van der Waals surface area contributed by atoms with Gasteiger partial charge in [-0.05, 0) is 86.9 Å². The molecule has 0 saturated carbocycles. The van der Waals surface area contributed by atoms with E-state index in [4.69, 9.17) is 14.2 Å². The maximum absolute atomic E-state index is 14.8. The fourth-order valence-corrected chi connectivity index (χ4v) is 11.6. The summed E-state index contributed by atoms with van der Waals surface area (Å²) >= 11 is 0. The summed E-state index contributed by atoms with van der Waals surface area (Å²) in [5, 5.41) is 2.70. The van der Waals surface area contributed by atoms with Crippen LogP contribution >= 0.6 is 0 Å². The number of nitrogens with zero attached hydrogens (tertiary/aromatic N) is 4. The summed E-state index contributed by atoms with van der Waals surface area (Å²) in [5.74, 6) is -2.80. The van der Waals surface area contributed by atoms with Crippen LogP contribution < -0.4 is 5.32 Å². The number of imide groups is 1. The molecule has 1 N–H and O–H groups in total. The highest BCUT2D eigenvalue weighted by molar-refractivity contribution is 6.12. The summed E-state index contributed by atoms with van der Waals surface area (Å²) in [6.45, 7) is 15.9. The van der Waals surface area contributed by atoms with Crippen LogP contribution in [0, 0.1) is 35.5 Å². The Labute approximate surface area is 472 Å². The zero-order chi connectivity index (χ0) is 58.2. The number of ketones is 3. The molecule has 0 aliphatic carbocycles. The fraction of sp³-hybridized carbons (Fsp3) is 0.651. The summed E-state index contributed by atoms with van der Waals surface area (Å²) in [6.07, 6.45) is 7.28. The van der Waals surface area contributed by atoms with Crippen molar-refractivity contribution in [2.75, 3.05) is 61.1 Å². The van der Waals surface area contributed by atoms with Gasteiger partial charge in [0.15, 0.2) is 11.6 Å². The van der Waals surface area contributed by atoms with Crippen LogP contribution in [0.15, 0.2) is 72.8 Å². The number of hydrogen-bond acceptors (Lipinski definition) is 12. The molecule has 16 nitrogen and oxygen atoms in total. The van der Waals surface area contributed by atoms with Crippen LogP contribution in [0.4, 0.5) is 0 Å². The first-order valence-electron chi connectivity index (χ1n) is 29.1. The minimum Gasteiger partial charge on any atom is -0.379 e. The molecule has 79 heavy (non-hydrogen) atoms. The maximum atomic E-state index is 14.8. The zero-order valence-corrected chi connectivity index (χ0v) is 49.5. The Morgan fingerprint density at radius 3 is 1.99 bits per heavy atom. The number of unbranched alkanes of at least 4 members (excludes halogenated alkanes) is 2. The first kappa shape index (κ1) is 66.1. The average Bonchev–Trinajstić information content (AvgIpc) is 4.10. The van der Waals surface area contributed by atoms with Crippen molar-refractivity contribution in [3.63, 3.8) is 0 Å². The third-order valence-electron chi connectivity index (χ3n) is 16.3. The number of nitrogens with one attached hydrogen (secondary N) is 1. The first-order chi connectivity index (χ1) is 37.7. The molecule has 0 spiro atoms. The van der Waals surface area contributed by atoms with Crippen molar-refractivity contribution in [1.82, 2.24) is 24.9 Å². The average molecular weight is 1100 g/mol. The van der Waals surface area contributed by atoms with E-state index in [-0.39, 0.29) is 109 Å². The molecule has 9 atom stereocenters. The number of carbonyl (C=O) groups is 8. The summed E-state index contributed by atoms with van der Waals surface area (Å²) in [5.41, 5.74) is 2.20. The molecular weight excluding hydrogens is 1000 g/mol. The zero-order valence-electron chi connectivity index (χ0n) is 49.5. The van der Waals surface area contributed by atoms with E-state index >= 15 is 0 Å². The van der Waals surface area contributed by atoms with Gasteiger partial charge in [-0.3, -0.25) is 48.2 Å². The predicted molar refractivity (Wildman–Crippen MR) is 306 cm³/mol. The largest absolute Gasteiger partial charge is 0.379 e. The summed E-state index contributed by atoms with van der Waals surface area (Å²) in [6, 6.07) is 18.8. The molecule has 2 aromatic carbocycles. The van der Waals surface area contributed by atoms with Crippen molar-refractivity contribution >= 4 is 46.9 Å². The van der Waals surface area contributed by atoms with Crippen LogP contribution in [0.3, 0.4) is 0 Å². The van der Waals surface area contributed by atoms with Crippen LogP contribution in [0.1, 0.15) is 137 Å². The SMILES string of the molecule is CC[C@H](C)[C@@H]([C@@H](CC(=O)N1CCC[C@H]1[C@H](OC)[C@@H](C)C(=O)C[C@@H](COCc1ccccc1)Cc1ccccc1)OC)N(C)C(=O)[C@@H](CC(=O)[C@H](C(C)C)N(C)CCCC(=O)CNC(=O)CCCCCN1C(=O)C=CC1=O)C(C)C. The smallest absolute Gasteiger partial charge is 0.253 e. The van der Waals surface area contributed by atoms with Crippen LogP contribution in [0.25, 0.3) is 0 Å². The number of hydrogen-bond donors (Lipinski definition) is 1. The highest BCUT2D eigenvalue weighted by Gasteiger charge is 2.43. The molecule has 0 unspecified atom stereocenters. The van der Waals surface area contributed by atoms with Gasteiger partial charge in [0.05, 0.1) is 56.5 Å². The third-order valence-corrected chi connectivity index (χ3v) is 16.3. The van der Waals surface area contributed by atoms with Crippen LogP contribution in [-0.2, 0) is 65.6 Å². The van der Waals surface area contributed by atoms with E-state index in [2.05, 4.69) is 24.4 Å². The van der Waals surface area contributed by atoms with Gasteiger partial charge in [-0.2, -0.15) is 0 Å². The lowest BCUT2D eigenvalue weighted by molar-refractivity contribution is -0.149. The van der Waals surface area contributed by atoms with E-state index < -0.39 is 36.1 Å². The Morgan fingerprint density at radius 1 is 0.747 bits per heavy atom. The van der Waals surface area contributed by atoms with Gasteiger partial charge in [-0.15, -0.1) is 0 Å². The normalized spacial score (nSPS) is 17.7. The van der Waals surface area contributed by atoms with Gasteiger partial charge in [0.1, 0.15) is 5.78 Å². The van der Waals surface area contributed by atoms with Gasteiger partial charge in [0.25, 0.3) is 11.8 Å². The molecule has 2 aliphatic rings. The number of rotatable bonds is 38. The van der Waals surface area contributed by atoms with Crippen molar-refractivity contribution in [3.8, 4) is 0 Å². The molecule has 2 aliphatic heterocycles. The lowest BCUT2D eigenvalue weighted by Crippen LogP contribution is -2.54. The molecule has 0 bridgehead atoms. The Balaban J connectivity index is 1.33. The van der Waals surface area contributed by atoms with Gasteiger partial charge < -0.3 is 29.3 Å². The predicted octanol–water partition coefficient (Wildman–Crippen LogP) is 8.08. The van der Waals surface area contributed by atoms with E-state index in [1.165, 1.54) is 17.1 Å². The molecule has 1 fully saturated rings. The number of benzene rings is 2. The minimum atomic E-state index is -0.655. The van der Waals surface area contributed by atoms with Gasteiger partial charge in [0, 0.05) is 84.0 Å². The van der Waals surface area contributed by atoms with Crippen LogP contribution in [0.2, 0.25) is 0 Å². The molecule has 16 heteroatoms. The number of ether oxygens (including phenoxy) is 3. The second-order valence-corrected chi connectivity index (χ2v) is 22.9. The Bertz CT molecular complexity index is 2270. The van der Waals surface area contributed by atoms with Crippen molar-refractivity contribution in [1.29, 1.82) is 0 Å². The second kappa shape index (κ2) is 34.0. The molecule has 438 valence electrons. The van der Waals surface area contributed by atoms with Crippen molar-refractivity contribution < 1.29 is 52.6 Å². The van der Waals surface area contributed by atoms with E-state index in [1.54, 1.807) is 26.2 Å². The number of likely N-dealkylation sites (N-methyl/N-ethyl adjacent to an activating group) is 2. The molecule has 1 saturated heterocycles. The Hall–Kier alpha value is -5.42. The topological polar surface area (TPSA) is 189 Å². The fourth-order valence-electron chi connectivity index (χ4n) is 11.6. The quantitative estimate of drug-likeness (QED) is 0.0504. The van der Waals surface area contributed by atoms with E-state index in [9.17, 15) is 38.4 Å². The number of carbonyl (C=O) groups excluding carboxylic acids is 8. The third kappa shape index (κ3) is 20.6. The summed E-state index contributed by atoms with van der Waals surface area (Å²) in [7, 11) is 6.81. The highest BCUT2D eigenvalue weighted by atomic mass is 16.5. The molecular formula is C63H95N5O11. The molecule has 0 radical (unpaired) electrons. The summed E-state index contributed by atoms with van der Waals surface area (Å²) in [4.78, 5) is 113. The maximum Gasteiger partial charge on any atom is 0.253 e. The monoisotopic (exact) mass is 1100 g/mol. The van der Waals surface area contributed by atoms with Crippen molar-refractivity contribution in [2.45, 2.75) is 169 Å². The van der Waals surface area contributed by atoms with Crippen molar-refractivity contribution in [3.05, 3.63) is 83.9 Å². The van der Waals surface area contributed by atoms with Gasteiger partial charge in [0.2, 0.25) is 17.7 Å². The number of methoxy groups -OCH3 is 2. The first-order valence-corrected chi connectivity index (χ1v) is 29.1. The molecule has 5 amide bonds. The molecule has 0 aromatic heterocycles. The van der Waals surface area contributed by atoms with E-state index in [1.807, 2.05) is 107 Å². The van der Waals surface area contributed by atoms with Crippen LogP contribution in [-0.4, -0.2) is 158 Å². The minimum absolute atomic E-state index is 0.0176. The van der Waals surface area contributed by atoms with Crippen LogP contribution in [0.5, 0.6) is 0 Å². The molecule has 2 heterocycles. The molecule has 2 aromatic rings. The highest BCUT2D eigenvalue weighted by Crippen LogP contribution is 2.32. The molecule has 4 rings (SSSR count). The Morgan fingerprint density at radius 2 is 1.39 bits per heavy atom. The van der Waals surface area contributed by atoms with Gasteiger partial charge in [-0.1, -0.05) is 122 Å². The lowest BCUT2D eigenvalue weighted by atomic mass is 9.83. The summed E-state index contributed by atoms with van der Waals surface area (Å²) < 4.78 is 18.5. The number of likely N-dealkylation sites (tertiary alicyclic amines) is 1.